The molecule has 0 saturated heterocycles. The van der Waals surface area contributed by atoms with Crippen molar-refractivity contribution in [1.29, 1.82) is 0 Å². The molecule has 1 aromatic heterocycles. The van der Waals surface area contributed by atoms with Gasteiger partial charge in [-0.1, -0.05) is 35.9 Å². The van der Waals surface area contributed by atoms with Crippen LogP contribution in [0, 0.1) is 0 Å². The zero-order valence-corrected chi connectivity index (χ0v) is 11.4. The lowest BCUT2D eigenvalue weighted by molar-refractivity contribution is 0.307. The quantitative estimate of drug-likeness (QED) is 0.688. The summed E-state index contributed by atoms with van der Waals surface area (Å²) in [6.45, 7) is 0.559. The number of benzene rings is 2. The molecule has 0 unspecified atom stereocenters. The Balaban J connectivity index is 1.89. The van der Waals surface area contributed by atoms with Gasteiger partial charge in [0.1, 0.15) is 12.4 Å². The van der Waals surface area contributed by atoms with Gasteiger partial charge in [0.15, 0.2) is 0 Å². The lowest BCUT2D eigenvalue weighted by Gasteiger charge is -2.04. The Bertz CT molecular complexity index is 703. The molecule has 0 saturated carbocycles. The molecule has 2 nitrogen and oxygen atoms in total. The first-order valence-electron chi connectivity index (χ1n) is 6.15. The first-order chi connectivity index (χ1) is 9.24. The predicted molar refractivity (Wildman–Crippen MR) is 78.7 cm³/mol. The number of rotatable bonds is 3. The SMILES string of the molecule is Cn1cc(COc2ccccc2)c2ccc(Cl)cc21. The third kappa shape index (κ3) is 2.45. The van der Waals surface area contributed by atoms with Gasteiger partial charge in [0.05, 0.1) is 0 Å². The molecule has 2 aromatic carbocycles. The largest absolute Gasteiger partial charge is 0.489 e. The van der Waals surface area contributed by atoms with Crippen molar-refractivity contribution >= 4 is 22.5 Å². The maximum Gasteiger partial charge on any atom is 0.119 e. The Morgan fingerprint density at radius 3 is 2.68 bits per heavy atom. The molecule has 96 valence electrons. The van der Waals surface area contributed by atoms with Crippen LogP contribution in [0.1, 0.15) is 5.56 Å². The van der Waals surface area contributed by atoms with Crippen LogP contribution in [0.3, 0.4) is 0 Å². The second-order valence-corrected chi connectivity index (χ2v) is 4.96. The zero-order valence-electron chi connectivity index (χ0n) is 10.6. The van der Waals surface area contributed by atoms with Gasteiger partial charge in [-0.2, -0.15) is 0 Å². The lowest BCUT2D eigenvalue weighted by atomic mass is 10.2. The summed E-state index contributed by atoms with van der Waals surface area (Å²) in [6, 6.07) is 15.8. The van der Waals surface area contributed by atoms with Crippen LogP contribution in [0.5, 0.6) is 5.75 Å². The molecule has 0 aliphatic rings. The Labute approximate surface area is 117 Å². The highest BCUT2D eigenvalue weighted by molar-refractivity contribution is 6.31. The van der Waals surface area contributed by atoms with Gasteiger partial charge in [-0.25, -0.2) is 0 Å². The predicted octanol–water partition coefficient (Wildman–Crippen LogP) is 4.41. The molecule has 3 aromatic rings. The fraction of sp³-hybridized carbons (Fsp3) is 0.125. The van der Waals surface area contributed by atoms with Crippen LogP contribution < -0.4 is 4.74 Å². The summed E-state index contributed by atoms with van der Waals surface area (Å²) >= 11 is 6.03. The van der Waals surface area contributed by atoms with Crippen molar-refractivity contribution < 1.29 is 4.74 Å². The summed E-state index contributed by atoms with van der Waals surface area (Å²) in [5, 5.41) is 1.94. The Kier molecular flexibility index (Phi) is 3.18. The van der Waals surface area contributed by atoms with E-state index >= 15 is 0 Å². The van der Waals surface area contributed by atoms with E-state index in [0.29, 0.717) is 6.61 Å². The Morgan fingerprint density at radius 1 is 1.11 bits per heavy atom. The molecule has 0 N–H and O–H groups in total. The summed E-state index contributed by atoms with van der Waals surface area (Å²) < 4.78 is 7.87. The molecule has 0 fully saturated rings. The third-order valence-electron chi connectivity index (χ3n) is 3.17. The van der Waals surface area contributed by atoms with Crippen LogP contribution in [-0.4, -0.2) is 4.57 Å². The Hall–Kier alpha value is -1.93. The van der Waals surface area contributed by atoms with Crippen LogP contribution in [0.25, 0.3) is 10.9 Å². The molecule has 19 heavy (non-hydrogen) atoms. The molecular weight excluding hydrogens is 258 g/mol. The second kappa shape index (κ2) is 4.98. The molecule has 3 heteroatoms. The third-order valence-corrected chi connectivity index (χ3v) is 3.41. The van der Waals surface area contributed by atoms with Gasteiger partial charge < -0.3 is 9.30 Å². The van der Waals surface area contributed by atoms with Gasteiger partial charge in [-0.05, 0) is 24.3 Å². The van der Waals surface area contributed by atoms with Crippen LogP contribution in [0.4, 0.5) is 0 Å². The van der Waals surface area contributed by atoms with Crippen molar-refractivity contribution in [3.8, 4) is 5.75 Å². The van der Waals surface area contributed by atoms with Crippen molar-refractivity contribution in [1.82, 2.24) is 4.57 Å². The normalized spacial score (nSPS) is 10.8. The fourth-order valence-electron chi connectivity index (χ4n) is 2.23. The van der Waals surface area contributed by atoms with Gasteiger partial charge in [0.2, 0.25) is 0 Å². The van der Waals surface area contributed by atoms with E-state index in [0.717, 1.165) is 21.9 Å². The van der Waals surface area contributed by atoms with Crippen LogP contribution >= 0.6 is 11.6 Å². The molecule has 0 bridgehead atoms. The average Bonchev–Trinajstić information content (AvgIpc) is 2.74. The molecule has 1 heterocycles. The molecular formula is C16H14ClNO. The van der Waals surface area contributed by atoms with Crippen LogP contribution in [0.15, 0.2) is 54.7 Å². The van der Waals surface area contributed by atoms with Crippen molar-refractivity contribution in [3.63, 3.8) is 0 Å². The first kappa shape index (κ1) is 12.1. The van der Waals surface area contributed by atoms with Gasteiger partial charge in [-0.3, -0.25) is 0 Å². The van der Waals surface area contributed by atoms with Gasteiger partial charge in [0, 0.05) is 34.7 Å². The van der Waals surface area contributed by atoms with E-state index in [2.05, 4.69) is 10.8 Å². The fourth-order valence-corrected chi connectivity index (χ4v) is 2.40. The summed E-state index contributed by atoms with van der Waals surface area (Å²) in [5.41, 5.74) is 2.29. The van der Waals surface area contributed by atoms with Crippen molar-refractivity contribution in [3.05, 3.63) is 65.3 Å². The number of aryl methyl sites for hydroxylation is 1. The highest BCUT2D eigenvalue weighted by Crippen LogP contribution is 2.25. The van der Waals surface area contributed by atoms with Crippen LogP contribution in [-0.2, 0) is 13.7 Å². The minimum absolute atomic E-state index is 0.559. The van der Waals surface area contributed by atoms with E-state index in [1.807, 2.05) is 55.6 Å². The van der Waals surface area contributed by atoms with E-state index in [1.165, 1.54) is 5.39 Å². The summed E-state index contributed by atoms with van der Waals surface area (Å²) in [4.78, 5) is 0. The number of halogens is 1. The molecule has 0 spiro atoms. The number of fused-ring (bicyclic) bond motifs is 1. The van der Waals surface area contributed by atoms with Crippen molar-refractivity contribution in [2.24, 2.45) is 7.05 Å². The number of nitrogens with zero attached hydrogens (tertiary/aromatic N) is 1. The van der Waals surface area contributed by atoms with Gasteiger partial charge in [-0.15, -0.1) is 0 Å². The number of ether oxygens (including phenoxy) is 1. The van der Waals surface area contributed by atoms with E-state index in [4.69, 9.17) is 16.3 Å². The maximum atomic E-state index is 6.03. The zero-order chi connectivity index (χ0) is 13.2. The topological polar surface area (TPSA) is 14.2 Å². The summed E-state index contributed by atoms with van der Waals surface area (Å²) in [7, 11) is 2.02. The number of hydrogen-bond acceptors (Lipinski definition) is 1. The highest BCUT2D eigenvalue weighted by Gasteiger charge is 2.07. The van der Waals surface area contributed by atoms with Crippen LogP contribution in [0.2, 0.25) is 5.02 Å². The molecule has 0 aliphatic carbocycles. The van der Waals surface area contributed by atoms with E-state index in [9.17, 15) is 0 Å². The van der Waals surface area contributed by atoms with E-state index < -0.39 is 0 Å². The average molecular weight is 272 g/mol. The second-order valence-electron chi connectivity index (χ2n) is 4.53. The van der Waals surface area contributed by atoms with Gasteiger partial charge in [0.25, 0.3) is 0 Å². The lowest BCUT2D eigenvalue weighted by Crippen LogP contribution is -1.94. The Morgan fingerprint density at radius 2 is 1.89 bits per heavy atom. The minimum Gasteiger partial charge on any atom is -0.489 e. The first-order valence-corrected chi connectivity index (χ1v) is 6.53. The van der Waals surface area contributed by atoms with Gasteiger partial charge >= 0.3 is 0 Å². The summed E-state index contributed by atoms with van der Waals surface area (Å²) in [5.74, 6) is 0.883. The minimum atomic E-state index is 0.559. The molecule has 0 atom stereocenters. The molecule has 3 rings (SSSR count). The van der Waals surface area contributed by atoms with E-state index in [-0.39, 0.29) is 0 Å². The molecule has 0 amide bonds. The number of hydrogen-bond donors (Lipinski definition) is 0. The summed E-state index contributed by atoms with van der Waals surface area (Å²) in [6.07, 6.45) is 2.09. The molecule has 0 radical (unpaired) electrons. The van der Waals surface area contributed by atoms with Crippen molar-refractivity contribution in [2.75, 3.05) is 0 Å². The monoisotopic (exact) mass is 271 g/mol. The number of aromatic nitrogens is 1. The standard InChI is InChI=1S/C16H14ClNO/c1-18-10-12(11-19-14-5-3-2-4-6-14)15-8-7-13(17)9-16(15)18/h2-10H,11H2,1H3. The highest BCUT2D eigenvalue weighted by atomic mass is 35.5. The maximum absolute atomic E-state index is 6.03. The molecule has 0 aliphatic heterocycles. The number of para-hydroxylation sites is 1. The van der Waals surface area contributed by atoms with E-state index in [1.54, 1.807) is 0 Å². The smallest absolute Gasteiger partial charge is 0.119 e. The van der Waals surface area contributed by atoms with Crippen molar-refractivity contribution in [2.45, 2.75) is 6.61 Å².